The van der Waals surface area contributed by atoms with Crippen LogP contribution in [0.5, 0.6) is 5.75 Å². The summed E-state index contributed by atoms with van der Waals surface area (Å²) in [6.45, 7) is 6.98. The van der Waals surface area contributed by atoms with Gasteiger partial charge < -0.3 is 9.26 Å². The van der Waals surface area contributed by atoms with Gasteiger partial charge >= 0.3 is 0 Å². The minimum absolute atomic E-state index is 0.276. The quantitative estimate of drug-likeness (QED) is 0.718. The standard InChI is InChI=1S/C18H21N3O2S/c1-12-15(13(2)23-20-12)11-21-8-4-14(5-9-21)22-17-3-7-19-16-6-10-24-18(16)17/h3,6-7,10,14H,4-5,8-9,11H2,1-2H3. The summed E-state index contributed by atoms with van der Waals surface area (Å²) in [6, 6.07) is 4.02. The first-order valence-corrected chi connectivity index (χ1v) is 9.21. The summed E-state index contributed by atoms with van der Waals surface area (Å²) in [5.41, 5.74) is 3.25. The molecule has 1 fully saturated rings. The number of fused-ring (bicyclic) bond motifs is 1. The lowest BCUT2D eigenvalue weighted by Crippen LogP contribution is -2.38. The van der Waals surface area contributed by atoms with E-state index in [0.717, 1.165) is 59.9 Å². The molecule has 0 bridgehead atoms. The van der Waals surface area contributed by atoms with Gasteiger partial charge in [-0.15, -0.1) is 11.3 Å². The van der Waals surface area contributed by atoms with Crippen molar-refractivity contribution in [3.05, 3.63) is 40.7 Å². The molecule has 0 spiro atoms. The molecule has 0 aromatic carbocycles. The smallest absolute Gasteiger partial charge is 0.140 e. The first-order chi connectivity index (χ1) is 11.7. The molecule has 0 unspecified atom stereocenters. The molecular weight excluding hydrogens is 322 g/mol. The number of aromatic nitrogens is 2. The Hall–Kier alpha value is -1.92. The molecule has 5 nitrogen and oxygen atoms in total. The van der Waals surface area contributed by atoms with Crippen molar-refractivity contribution >= 4 is 21.6 Å². The fraction of sp³-hybridized carbons (Fsp3) is 0.444. The average molecular weight is 343 g/mol. The highest BCUT2D eigenvalue weighted by molar-refractivity contribution is 7.17. The van der Waals surface area contributed by atoms with Crippen LogP contribution >= 0.6 is 11.3 Å². The van der Waals surface area contributed by atoms with Gasteiger partial charge in [-0.25, -0.2) is 0 Å². The molecule has 1 aliphatic heterocycles. The van der Waals surface area contributed by atoms with Crippen LogP contribution in [0.4, 0.5) is 0 Å². The van der Waals surface area contributed by atoms with E-state index in [4.69, 9.17) is 9.26 Å². The van der Waals surface area contributed by atoms with Crippen molar-refractivity contribution in [3.8, 4) is 5.75 Å². The van der Waals surface area contributed by atoms with Gasteiger partial charge in [-0.1, -0.05) is 5.16 Å². The van der Waals surface area contributed by atoms with Crippen molar-refractivity contribution in [2.75, 3.05) is 13.1 Å². The third-order valence-corrected chi connectivity index (χ3v) is 5.62. The second kappa shape index (κ2) is 6.53. The Labute approximate surface area is 145 Å². The number of piperidine rings is 1. The first-order valence-electron chi connectivity index (χ1n) is 8.33. The lowest BCUT2D eigenvalue weighted by Gasteiger charge is -2.32. The van der Waals surface area contributed by atoms with E-state index < -0.39 is 0 Å². The molecule has 3 aromatic rings. The summed E-state index contributed by atoms with van der Waals surface area (Å²) in [5, 5.41) is 6.11. The Morgan fingerprint density at radius 3 is 2.88 bits per heavy atom. The van der Waals surface area contributed by atoms with E-state index in [1.54, 1.807) is 11.3 Å². The normalized spacial score (nSPS) is 16.8. The van der Waals surface area contributed by atoms with Gasteiger partial charge in [0, 0.05) is 31.4 Å². The van der Waals surface area contributed by atoms with E-state index in [0.29, 0.717) is 0 Å². The Bertz CT molecular complexity index is 814. The maximum Gasteiger partial charge on any atom is 0.140 e. The molecular formula is C18H21N3O2S. The van der Waals surface area contributed by atoms with Crippen LogP contribution in [0.15, 0.2) is 28.2 Å². The van der Waals surface area contributed by atoms with Gasteiger partial charge in [0.2, 0.25) is 0 Å². The van der Waals surface area contributed by atoms with Crippen LogP contribution < -0.4 is 4.74 Å². The average Bonchev–Trinajstić information content (AvgIpc) is 3.19. The minimum Gasteiger partial charge on any atom is -0.489 e. The second-order valence-electron chi connectivity index (χ2n) is 6.34. The Morgan fingerprint density at radius 2 is 2.12 bits per heavy atom. The lowest BCUT2D eigenvalue weighted by molar-refractivity contribution is 0.0977. The van der Waals surface area contributed by atoms with Crippen molar-refractivity contribution in [1.29, 1.82) is 0 Å². The molecule has 24 heavy (non-hydrogen) atoms. The van der Waals surface area contributed by atoms with E-state index in [2.05, 4.69) is 20.4 Å². The SMILES string of the molecule is Cc1noc(C)c1CN1CCC(Oc2ccnc3ccsc23)CC1. The molecule has 3 aromatic heterocycles. The number of nitrogens with zero attached hydrogens (tertiary/aromatic N) is 3. The fourth-order valence-electron chi connectivity index (χ4n) is 3.26. The fourth-order valence-corrected chi connectivity index (χ4v) is 4.07. The van der Waals surface area contributed by atoms with Crippen LogP contribution in [-0.4, -0.2) is 34.2 Å². The largest absolute Gasteiger partial charge is 0.489 e. The van der Waals surface area contributed by atoms with Gasteiger partial charge in [0.25, 0.3) is 0 Å². The highest BCUT2D eigenvalue weighted by Gasteiger charge is 2.23. The Balaban J connectivity index is 1.37. The van der Waals surface area contributed by atoms with E-state index >= 15 is 0 Å². The highest BCUT2D eigenvalue weighted by Crippen LogP contribution is 2.31. The maximum absolute atomic E-state index is 6.27. The number of hydrogen-bond donors (Lipinski definition) is 0. The van der Waals surface area contributed by atoms with Gasteiger partial charge in [-0.05, 0) is 44.2 Å². The Kier molecular flexibility index (Phi) is 4.24. The summed E-state index contributed by atoms with van der Waals surface area (Å²) >= 11 is 1.69. The van der Waals surface area contributed by atoms with Crippen molar-refractivity contribution in [3.63, 3.8) is 0 Å². The van der Waals surface area contributed by atoms with Gasteiger partial charge in [0.15, 0.2) is 0 Å². The molecule has 0 aliphatic carbocycles. The van der Waals surface area contributed by atoms with Gasteiger partial charge in [0.05, 0.1) is 15.9 Å². The predicted octanol–water partition coefficient (Wildman–Crippen LogP) is 3.94. The van der Waals surface area contributed by atoms with Crippen molar-refractivity contribution in [1.82, 2.24) is 15.0 Å². The third-order valence-electron chi connectivity index (χ3n) is 4.70. The van der Waals surface area contributed by atoms with E-state index in [1.165, 1.54) is 5.56 Å². The van der Waals surface area contributed by atoms with Gasteiger partial charge in [-0.3, -0.25) is 9.88 Å². The molecule has 0 radical (unpaired) electrons. The maximum atomic E-state index is 6.27. The zero-order valence-electron chi connectivity index (χ0n) is 14.0. The monoisotopic (exact) mass is 343 g/mol. The summed E-state index contributed by atoms with van der Waals surface area (Å²) in [4.78, 5) is 6.83. The molecule has 6 heteroatoms. The number of hydrogen-bond acceptors (Lipinski definition) is 6. The van der Waals surface area contributed by atoms with Crippen LogP contribution in [0.3, 0.4) is 0 Å². The molecule has 0 saturated carbocycles. The number of aryl methyl sites for hydroxylation is 2. The molecule has 0 amide bonds. The topological polar surface area (TPSA) is 51.4 Å². The van der Waals surface area contributed by atoms with Crippen molar-refractivity contribution in [2.24, 2.45) is 0 Å². The van der Waals surface area contributed by atoms with Crippen molar-refractivity contribution in [2.45, 2.75) is 39.3 Å². The van der Waals surface area contributed by atoms with E-state index in [-0.39, 0.29) is 6.10 Å². The summed E-state index contributed by atoms with van der Waals surface area (Å²) in [5.74, 6) is 1.90. The van der Waals surface area contributed by atoms with E-state index in [9.17, 15) is 0 Å². The van der Waals surface area contributed by atoms with Crippen LogP contribution in [0.1, 0.15) is 29.9 Å². The molecule has 4 rings (SSSR count). The zero-order valence-corrected chi connectivity index (χ0v) is 14.8. The third kappa shape index (κ3) is 3.03. The molecule has 4 heterocycles. The summed E-state index contributed by atoms with van der Waals surface area (Å²) < 4.78 is 12.7. The number of thiophene rings is 1. The van der Waals surface area contributed by atoms with Crippen LogP contribution in [-0.2, 0) is 6.54 Å². The molecule has 126 valence electrons. The van der Waals surface area contributed by atoms with E-state index in [1.807, 2.05) is 32.2 Å². The molecule has 1 aliphatic rings. The first kappa shape index (κ1) is 15.6. The molecule has 0 atom stereocenters. The lowest BCUT2D eigenvalue weighted by atomic mass is 10.1. The summed E-state index contributed by atoms with van der Waals surface area (Å²) in [6.07, 6.45) is 4.19. The van der Waals surface area contributed by atoms with Gasteiger partial charge in [0.1, 0.15) is 17.6 Å². The second-order valence-corrected chi connectivity index (χ2v) is 7.26. The van der Waals surface area contributed by atoms with Crippen LogP contribution in [0.25, 0.3) is 10.2 Å². The summed E-state index contributed by atoms with van der Waals surface area (Å²) in [7, 11) is 0. The number of ether oxygens (including phenoxy) is 1. The molecule has 0 N–H and O–H groups in total. The van der Waals surface area contributed by atoms with Crippen LogP contribution in [0, 0.1) is 13.8 Å². The van der Waals surface area contributed by atoms with Crippen LogP contribution in [0.2, 0.25) is 0 Å². The van der Waals surface area contributed by atoms with Gasteiger partial charge in [-0.2, -0.15) is 0 Å². The number of likely N-dealkylation sites (tertiary alicyclic amines) is 1. The highest BCUT2D eigenvalue weighted by atomic mass is 32.1. The van der Waals surface area contributed by atoms with Crippen molar-refractivity contribution < 1.29 is 9.26 Å². The molecule has 1 saturated heterocycles. The minimum atomic E-state index is 0.276. The predicted molar refractivity (Wildman–Crippen MR) is 94.5 cm³/mol. The number of rotatable bonds is 4. The Morgan fingerprint density at radius 1 is 1.29 bits per heavy atom. The number of pyridine rings is 1. The zero-order chi connectivity index (χ0) is 16.5.